The van der Waals surface area contributed by atoms with Crippen molar-refractivity contribution in [3.63, 3.8) is 0 Å². The summed E-state index contributed by atoms with van der Waals surface area (Å²) in [6, 6.07) is 9.43. The average Bonchev–Trinajstić information content (AvgIpc) is 2.39. The van der Waals surface area contributed by atoms with Crippen LogP contribution in [0.2, 0.25) is 5.02 Å². The third kappa shape index (κ3) is 4.26. The summed E-state index contributed by atoms with van der Waals surface area (Å²) < 4.78 is 0. The van der Waals surface area contributed by atoms with Crippen LogP contribution in [0, 0.1) is 0 Å². The van der Waals surface area contributed by atoms with E-state index in [9.17, 15) is 4.79 Å². The number of carboxylic acid groups (broad SMARTS) is 1. The second kappa shape index (κ2) is 6.59. The number of aromatic nitrogens is 1. The van der Waals surface area contributed by atoms with Gasteiger partial charge >= 0.3 is 5.97 Å². The van der Waals surface area contributed by atoms with Crippen LogP contribution in [-0.2, 0) is 17.0 Å². The van der Waals surface area contributed by atoms with Crippen molar-refractivity contribution in [2.24, 2.45) is 0 Å². The van der Waals surface area contributed by atoms with Crippen molar-refractivity contribution in [1.82, 2.24) is 4.98 Å². The van der Waals surface area contributed by atoms with E-state index in [0.717, 1.165) is 21.8 Å². The lowest BCUT2D eigenvalue weighted by Crippen LogP contribution is -1.99. The van der Waals surface area contributed by atoms with E-state index >= 15 is 0 Å². The van der Waals surface area contributed by atoms with E-state index in [0.29, 0.717) is 5.02 Å². The Morgan fingerprint density at radius 1 is 1.26 bits per heavy atom. The van der Waals surface area contributed by atoms with Crippen LogP contribution < -0.4 is 0 Å². The molecule has 0 aliphatic heterocycles. The molecule has 0 bridgehead atoms. The molecule has 1 N–H and O–H groups in total. The summed E-state index contributed by atoms with van der Waals surface area (Å²) in [6.07, 6.45) is 3.41. The summed E-state index contributed by atoms with van der Waals surface area (Å²) in [5.74, 6) is -0.0522. The zero-order valence-corrected chi connectivity index (χ0v) is 11.6. The van der Waals surface area contributed by atoms with Crippen molar-refractivity contribution in [2.75, 3.05) is 0 Å². The second-order valence-electron chi connectivity index (χ2n) is 3.97. The Labute approximate surface area is 120 Å². The maximum Gasteiger partial charge on any atom is 0.307 e. The summed E-state index contributed by atoms with van der Waals surface area (Å²) in [4.78, 5) is 15.6. The van der Waals surface area contributed by atoms with E-state index < -0.39 is 5.97 Å². The topological polar surface area (TPSA) is 50.2 Å². The van der Waals surface area contributed by atoms with Crippen molar-refractivity contribution >= 4 is 29.3 Å². The SMILES string of the molecule is O=C(O)Cc1ccc(SCc2ccncc2Cl)cc1. The molecule has 5 heteroatoms. The van der Waals surface area contributed by atoms with Gasteiger partial charge in [0.15, 0.2) is 0 Å². The molecule has 0 saturated carbocycles. The van der Waals surface area contributed by atoms with Crippen LogP contribution in [0.3, 0.4) is 0 Å². The predicted octanol–water partition coefficient (Wildman–Crippen LogP) is 3.65. The molecule has 0 aliphatic rings. The Morgan fingerprint density at radius 2 is 2.00 bits per heavy atom. The van der Waals surface area contributed by atoms with E-state index in [4.69, 9.17) is 16.7 Å². The van der Waals surface area contributed by atoms with Crippen molar-refractivity contribution < 1.29 is 9.90 Å². The molecule has 0 spiro atoms. The standard InChI is InChI=1S/C14H12ClNO2S/c15-13-8-16-6-5-11(13)9-19-12-3-1-10(2-4-12)7-14(17)18/h1-6,8H,7,9H2,(H,17,18). The fourth-order valence-corrected chi connectivity index (χ4v) is 2.73. The summed E-state index contributed by atoms with van der Waals surface area (Å²) in [7, 11) is 0. The van der Waals surface area contributed by atoms with E-state index in [-0.39, 0.29) is 6.42 Å². The lowest BCUT2D eigenvalue weighted by atomic mass is 10.2. The molecule has 1 heterocycles. The van der Waals surface area contributed by atoms with Crippen molar-refractivity contribution in [3.05, 3.63) is 58.9 Å². The first-order valence-electron chi connectivity index (χ1n) is 5.67. The van der Waals surface area contributed by atoms with Gasteiger partial charge in [-0.3, -0.25) is 9.78 Å². The van der Waals surface area contributed by atoms with Gasteiger partial charge in [-0.15, -0.1) is 11.8 Å². The van der Waals surface area contributed by atoms with Gasteiger partial charge in [-0.1, -0.05) is 23.7 Å². The molecular formula is C14H12ClNO2S. The number of pyridine rings is 1. The van der Waals surface area contributed by atoms with Gasteiger partial charge in [0.05, 0.1) is 11.4 Å². The minimum atomic E-state index is -0.816. The fraction of sp³-hybridized carbons (Fsp3) is 0.143. The summed E-state index contributed by atoms with van der Waals surface area (Å²) >= 11 is 7.69. The van der Waals surface area contributed by atoms with Crippen molar-refractivity contribution in [2.45, 2.75) is 17.1 Å². The number of hydrogen-bond donors (Lipinski definition) is 1. The molecule has 98 valence electrons. The third-order valence-electron chi connectivity index (χ3n) is 2.53. The smallest absolute Gasteiger partial charge is 0.307 e. The lowest BCUT2D eigenvalue weighted by molar-refractivity contribution is -0.136. The zero-order chi connectivity index (χ0) is 13.7. The molecule has 0 radical (unpaired) electrons. The first-order chi connectivity index (χ1) is 9.15. The number of carboxylic acids is 1. The first kappa shape index (κ1) is 13.9. The number of benzene rings is 1. The van der Waals surface area contributed by atoms with Crippen LogP contribution in [-0.4, -0.2) is 16.1 Å². The molecule has 0 fully saturated rings. The highest BCUT2D eigenvalue weighted by molar-refractivity contribution is 7.98. The van der Waals surface area contributed by atoms with Gasteiger partial charge in [0, 0.05) is 23.0 Å². The second-order valence-corrected chi connectivity index (χ2v) is 5.43. The van der Waals surface area contributed by atoms with Crippen LogP contribution in [0.15, 0.2) is 47.6 Å². The Kier molecular flexibility index (Phi) is 4.82. The molecule has 0 aliphatic carbocycles. The van der Waals surface area contributed by atoms with Gasteiger partial charge in [-0.25, -0.2) is 0 Å². The first-order valence-corrected chi connectivity index (χ1v) is 7.03. The maximum atomic E-state index is 10.6. The maximum absolute atomic E-state index is 10.6. The lowest BCUT2D eigenvalue weighted by Gasteiger charge is -2.04. The quantitative estimate of drug-likeness (QED) is 0.855. The highest BCUT2D eigenvalue weighted by Crippen LogP contribution is 2.26. The average molecular weight is 294 g/mol. The van der Waals surface area contributed by atoms with Crippen LogP contribution in [0.5, 0.6) is 0 Å². The number of thioether (sulfide) groups is 1. The molecule has 0 amide bonds. The fourth-order valence-electron chi connectivity index (χ4n) is 1.56. The highest BCUT2D eigenvalue weighted by atomic mass is 35.5. The molecule has 0 atom stereocenters. The minimum Gasteiger partial charge on any atom is -0.481 e. The van der Waals surface area contributed by atoms with Crippen molar-refractivity contribution in [3.8, 4) is 0 Å². The Balaban J connectivity index is 1.97. The van der Waals surface area contributed by atoms with Crippen LogP contribution in [0.4, 0.5) is 0 Å². The van der Waals surface area contributed by atoms with E-state index in [1.807, 2.05) is 30.3 Å². The molecule has 19 heavy (non-hydrogen) atoms. The predicted molar refractivity (Wildman–Crippen MR) is 76.6 cm³/mol. The number of hydrogen-bond acceptors (Lipinski definition) is 3. The molecule has 1 aromatic carbocycles. The van der Waals surface area contributed by atoms with Crippen LogP contribution in [0.25, 0.3) is 0 Å². The molecule has 2 rings (SSSR count). The van der Waals surface area contributed by atoms with Gasteiger partial charge in [0.2, 0.25) is 0 Å². The van der Waals surface area contributed by atoms with Gasteiger partial charge in [0.1, 0.15) is 0 Å². The third-order valence-corrected chi connectivity index (χ3v) is 3.93. The molecular weight excluding hydrogens is 282 g/mol. The summed E-state index contributed by atoms with van der Waals surface area (Å²) in [6.45, 7) is 0. The van der Waals surface area contributed by atoms with E-state index in [1.54, 1.807) is 24.2 Å². The van der Waals surface area contributed by atoms with E-state index in [1.165, 1.54) is 0 Å². The Hall–Kier alpha value is -1.52. The molecule has 0 saturated heterocycles. The zero-order valence-electron chi connectivity index (χ0n) is 10.0. The number of rotatable bonds is 5. The number of carbonyl (C=O) groups is 1. The van der Waals surface area contributed by atoms with Crippen LogP contribution in [0.1, 0.15) is 11.1 Å². The molecule has 1 aromatic heterocycles. The Morgan fingerprint density at radius 3 is 2.63 bits per heavy atom. The number of halogens is 1. The largest absolute Gasteiger partial charge is 0.481 e. The monoisotopic (exact) mass is 293 g/mol. The van der Waals surface area contributed by atoms with Crippen molar-refractivity contribution in [1.29, 1.82) is 0 Å². The molecule has 0 unspecified atom stereocenters. The van der Waals surface area contributed by atoms with Gasteiger partial charge in [-0.2, -0.15) is 0 Å². The minimum absolute atomic E-state index is 0.0567. The van der Waals surface area contributed by atoms with E-state index in [2.05, 4.69) is 4.98 Å². The summed E-state index contributed by atoms with van der Waals surface area (Å²) in [5.41, 5.74) is 1.84. The highest BCUT2D eigenvalue weighted by Gasteiger charge is 2.03. The van der Waals surface area contributed by atoms with Crippen LogP contribution >= 0.6 is 23.4 Å². The molecule has 2 aromatic rings. The Bertz CT molecular complexity index is 572. The number of nitrogens with zero attached hydrogens (tertiary/aromatic N) is 1. The summed E-state index contributed by atoms with van der Waals surface area (Å²) in [5, 5.41) is 9.36. The van der Waals surface area contributed by atoms with Gasteiger partial charge in [0.25, 0.3) is 0 Å². The normalized spacial score (nSPS) is 10.4. The molecule has 3 nitrogen and oxygen atoms in total. The number of aliphatic carboxylic acids is 1. The van der Waals surface area contributed by atoms with Gasteiger partial charge in [-0.05, 0) is 29.3 Å². The van der Waals surface area contributed by atoms with Gasteiger partial charge < -0.3 is 5.11 Å².